The molecule has 9 nitrogen and oxygen atoms in total. The molecule has 24 heavy (non-hydrogen) atoms. The Balaban J connectivity index is 1.59. The third kappa shape index (κ3) is 2.28. The van der Waals surface area contributed by atoms with Gasteiger partial charge in [-0.15, -0.1) is 0 Å². The number of hydrogen-bond acceptors (Lipinski definition) is 5. The van der Waals surface area contributed by atoms with Crippen molar-refractivity contribution in [3.8, 4) is 0 Å². The minimum absolute atomic E-state index is 0.0253. The second-order valence-corrected chi connectivity index (χ2v) is 6.31. The Bertz CT molecular complexity index is 904. The summed E-state index contributed by atoms with van der Waals surface area (Å²) in [5, 5.41) is 22.8. The number of aryl methyl sites for hydroxylation is 3. The Morgan fingerprint density at radius 2 is 2.21 bits per heavy atom. The monoisotopic (exact) mass is 328 g/mol. The van der Waals surface area contributed by atoms with Crippen molar-refractivity contribution >= 4 is 22.8 Å². The zero-order valence-corrected chi connectivity index (χ0v) is 13.9. The molecule has 4 heterocycles. The molecule has 1 aliphatic rings. The highest BCUT2D eigenvalue weighted by molar-refractivity contribution is 6.01. The van der Waals surface area contributed by atoms with Gasteiger partial charge >= 0.3 is 0 Å². The minimum atomic E-state index is -0.149. The fraction of sp³-hybridized carbons (Fsp3) is 0.467. The first kappa shape index (κ1) is 14.9. The smallest absolute Gasteiger partial charge is 0.230 e. The maximum Gasteiger partial charge on any atom is 0.230 e. The molecule has 0 bridgehead atoms. The van der Waals surface area contributed by atoms with Crippen LogP contribution >= 0.6 is 0 Å². The summed E-state index contributed by atoms with van der Waals surface area (Å²) >= 11 is 0. The van der Waals surface area contributed by atoms with Crippen LogP contribution in [0.2, 0.25) is 0 Å². The molecule has 0 unspecified atom stereocenters. The molecule has 0 saturated carbocycles. The lowest BCUT2D eigenvalue weighted by Gasteiger charge is -2.16. The number of amides is 1. The summed E-state index contributed by atoms with van der Waals surface area (Å²) < 4.78 is 3.46. The van der Waals surface area contributed by atoms with Crippen LogP contribution in [0.1, 0.15) is 17.2 Å². The number of carbonyl (C=O) groups is 1. The first-order chi connectivity index (χ1) is 11.5. The van der Waals surface area contributed by atoms with Crippen molar-refractivity contribution < 1.29 is 4.79 Å². The fourth-order valence-electron chi connectivity index (χ4n) is 3.47. The van der Waals surface area contributed by atoms with Crippen LogP contribution in [0.3, 0.4) is 0 Å². The summed E-state index contributed by atoms with van der Waals surface area (Å²) in [6, 6.07) is 0. The summed E-state index contributed by atoms with van der Waals surface area (Å²) in [5.41, 5.74) is 2.65. The molecule has 1 aliphatic heterocycles. The molecule has 4 rings (SSSR count). The molecule has 1 saturated heterocycles. The Morgan fingerprint density at radius 1 is 1.38 bits per heavy atom. The van der Waals surface area contributed by atoms with Gasteiger partial charge in [-0.2, -0.15) is 15.3 Å². The zero-order chi connectivity index (χ0) is 16.8. The number of aromatic nitrogens is 6. The zero-order valence-electron chi connectivity index (χ0n) is 13.9. The Kier molecular flexibility index (Phi) is 3.38. The number of carbonyl (C=O) groups excluding carboxylic acids is 1. The minimum Gasteiger partial charge on any atom is -0.315 e. The Hall–Kier alpha value is -2.68. The van der Waals surface area contributed by atoms with Crippen LogP contribution in [0.4, 0.5) is 5.82 Å². The SMILES string of the molecule is Cc1nn(C)c2n[nH]c(NC(=O)[C@H]3CNC[C@@H]3c3cnn(C)c3)c12. The molecule has 126 valence electrons. The average Bonchev–Trinajstić information content (AvgIpc) is 3.27. The summed E-state index contributed by atoms with van der Waals surface area (Å²) in [6.07, 6.45) is 3.80. The molecule has 0 aromatic carbocycles. The van der Waals surface area contributed by atoms with E-state index in [0.717, 1.165) is 28.8 Å². The lowest BCUT2D eigenvalue weighted by molar-refractivity contribution is -0.119. The molecule has 0 spiro atoms. The lowest BCUT2D eigenvalue weighted by Crippen LogP contribution is -2.28. The van der Waals surface area contributed by atoms with E-state index < -0.39 is 0 Å². The van der Waals surface area contributed by atoms with Gasteiger partial charge in [-0.25, -0.2) is 4.68 Å². The van der Waals surface area contributed by atoms with Gasteiger partial charge in [-0.1, -0.05) is 0 Å². The second kappa shape index (κ2) is 5.45. The van der Waals surface area contributed by atoms with Crippen molar-refractivity contribution in [2.45, 2.75) is 12.8 Å². The molecule has 1 fully saturated rings. The molecule has 2 atom stereocenters. The number of rotatable bonds is 3. The third-order valence-electron chi connectivity index (χ3n) is 4.67. The third-order valence-corrected chi connectivity index (χ3v) is 4.67. The molecule has 0 radical (unpaired) electrons. The molecular formula is C15H20N8O. The summed E-state index contributed by atoms with van der Waals surface area (Å²) in [4.78, 5) is 12.8. The van der Waals surface area contributed by atoms with Crippen molar-refractivity contribution in [2.24, 2.45) is 20.0 Å². The summed E-state index contributed by atoms with van der Waals surface area (Å²) in [5.74, 6) is 0.553. The highest BCUT2D eigenvalue weighted by Crippen LogP contribution is 2.30. The highest BCUT2D eigenvalue weighted by atomic mass is 16.2. The van der Waals surface area contributed by atoms with Crippen molar-refractivity contribution in [1.29, 1.82) is 0 Å². The van der Waals surface area contributed by atoms with Crippen LogP contribution in [0, 0.1) is 12.8 Å². The number of fused-ring (bicyclic) bond motifs is 1. The first-order valence-corrected chi connectivity index (χ1v) is 7.92. The molecule has 3 N–H and O–H groups in total. The van der Waals surface area contributed by atoms with E-state index in [9.17, 15) is 4.79 Å². The molecular weight excluding hydrogens is 308 g/mol. The maximum atomic E-state index is 12.8. The quantitative estimate of drug-likeness (QED) is 0.640. The molecule has 0 aliphatic carbocycles. The van der Waals surface area contributed by atoms with Crippen molar-refractivity contribution in [1.82, 2.24) is 35.1 Å². The van der Waals surface area contributed by atoms with Crippen molar-refractivity contribution in [3.05, 3.63) is 23.7 Å². The summed E-state index contributed by atoms with van der Waals surface area (Å²) in [6.45, 7) is 3.33. The van der Waals surface area contributed by atoms with Gasteiger partial charge in [0.1, 0.15) is 5.82 Å². The van der Waals surface area contributed by atoms with Gasteiger partial charge in [-0.05, 0) is 12.5 Å². The van der Waals surface area contributed by atoms with Crippen LogP contribution in [0.25, 0.3) is 11.0 Å². The predicted molar refractivity (Wildman–Crippen MR) is 88.5 cm³/mol. The largest absolute Gasteiger partial charge is 0.315 e. The second-order valence-electron chi connectivity index (χ2n) is 6.31. The topological polar surface area (TPSA) is 105 Å². The first-order valence-electron chi connectivity index (χ1n) is 7.92. The highest BCUT2D eigenvalue weighted by Gasteiger charge is 2.35. The van der Waals surface area contributed by atoms with Gasteiger partial charge < -0.3 is 10.6 Å². The van der Waals surface area contributed by atoms with Crippen LogP contribution < -0.4 is 10.6 Å². The van der Waals surface area contributed by atoms with E-state index in [4.69, 9.17) is 0 Å². The van der Waals surface area contributed by atoms with E-state index in [2.05, 4.69) is 31.0 Å². The molecule has 3 aromatic heterocycles. The maximum absolute atomic E-state index is 12.8. The van der Waals surface area contributed by atoms with Gasteiger partial charge in [0.15, 0.2) is 5.65 Å². The van der Waals surface area contributed by atoms with E-state index in [1.807, 2.05) is 33.4 Å². The van der Waals surface area contributed by atoms with E-state index in [-0.39, 0.29) is 17.7 Å². The average molecular weight is 328 g/mol. The van der Waals surface area contributed by atoms with Crippen LogP contribution in [0.15, 0.2) is 12.4 Å². The number of hydrogen-bond donors (Lipinski definition) is 3. The van der Waals surface area contributed by atoms with Crippen LogP contribution in [0.5, 0.6) is 0 Å². The number of aromatic amines is 1. The van der Waals surface area contributed by atoms with E-state index >= 15 is 0 Å². The molecule has 3 aromatic rings. The number of anilines is 1. The van der Waals surface area contributed by atoms with Crippen molar-refractivity contribution in [3.63, 3.8) is 0 Å². The standard InChI is InChI=1S/C15H20N8O/c1-8-12-13(19-20-14(12)23(3)21-8)18-15(24)11-6-16-5-10(11)9-4-17-22(2)7-9/h4,7,10-11,16H,5-6H2,1-3H3,(H2,18,19,20,24)/t10-,11+/m1/s1. The van der Waals surface area contributed by atoms with Crippen molar-refractivity contribution in [2.75, 3.05) is 18.4 Å². The lowest BCUT2D eigenvalue weighted by atomic mass is 9.90. The summed E-state index contributed by atoms with van der Waals surface area (Å²) in [7, 11) is 3.72. The number of nitrogens with one attached hydrogen (secondary N) is 3. The van der Waals surface area contributed by atoms with Gasteiger partial charge in [0.2, 0.25) is 5.91 Å². The van der Waals surface area contributed by atoms with Gasteiger partial charge in [-0.3, -0.25) is 14.6 Å². The number of H-pyrrole nitrogens is 1. The van der Waals surface area contributed by atoms with Gasteiger partial charge in [0, 0.05) is 39.3 Å². The molecule has 9 heteroatoms. The van der Waals surface area contributed by atoms with Gasteiger partial charge in [0.05, 0.1) is 23.2 Å². The molecule has 1 amide bonds. The Morgan fingerprint density at radius 3 is 2.96 bits per heavy atom. The Labute approximate surface area is 138 Å². The van der Waals surface area contributed by atoms with E-state index in [1.165, 1.54) is 0 Å². The van der Waals surface area contributed by atoms with E-state index in [1.54, 1.807) is 9.36 Å². The van der Waals surface area contributed by atoms with Crippen LogP contribution in [-0.2, 0) is 18.9 Å². The predicted octanol–water partition coefficient (Wildman–Crippen LogP) is 0.280. The van der Waals surface area contributed by atoms with Gasteiger partial charge in [0.25, 0.3) is 0 Å². The fourth-order valence-corrected chi connectivity index (χ4v) is 3.47. The van der Waals surface area contributed by atoms with E-state index in [0.29, 0.717) is 12.4 Å². The normalized spacial score (nSPS) is 20.8. The number of nitrogens with zero attached hydrogens (tertiary/aromatic N) is 5. The van der Waals surface area contributed by atoms with Crippen LogP contribution in [-0.4, -0.2) is 48.8 Å².